The van der Waals surface area contributed by atoms with E-state index in [0.717, 1.165) is 44.1 Å². The van der Waals surface area contributed by atoms with E-state index in [4.69, 9.17) is 0 Å². The Hall–Kier alpha value is -1.08. The predicted molar refractivity (Wildman–Crippen MR) is 74.9 cm³/mol. The molecule has 0 aromatic heterocycles. The van der Waals surface area contributed by atoms with Crippen molar-refractivity contribution in [3.05, 3.63) is 0 Å². The third-order valence-corrected chi connectivity index (χ3v) is 4.79. The van der Waals surface area contributed by atoms with Gasteiger partial charge in [0.25, 0.3) is 0 Å². The van der Waals surface area contributed by atoms with Gasteiger partial charge < -0.3 is 5.11 Å². The average Bonchev–Trinajstić information content (AvgIpc) is 2.56. The summed E-state index contributed by atoms with van der Waals surface area (Å²) in [4.78, 5) is 35.0. The molecule has 2 heterocycles. The highest BCUT2D eigenvalue weighted by Gasteiger charge is 2.41. The van der Waals surface area contributed by atoms with Crippen molar-refractivity contribution in [3.63, 3.8) is 0 Å². The Morgan fingerprint density at radius 1 is 1.30 bits per heavy atom. The summed E-state index contributed by atoms with van der Waals surface area (Å²) < 4.78 is 0. The predicted octanol–water partition coefficient (Wildman–Crippen LogP) is 0.969. The number of carboxylic acids is 1. The summed E-state index contributed by atoms with van der Waals surface area (Å²) in [7, 11) is 0. The smallest absolute Gasteiger partial charge is 0.328 e. The molecule has 0 saturated carbocycles. The molecule has 2 atom stereocenters. The molecule has 20 heavy (non-hydrogen) atoms. The van der Waals surface area contributed by atoms with Gasteiger partial charge in [0.2, 0.25) is 5.91 Å². The normalized spacial score (nSPS) is 27.9. The number of thioether (sulfide) groups is 1. The van der Waals surface area contributed by atoms with Crippen LogP contribution in [0.15, 0.2) is 0 Å². The Morgan fingerprint density at radius 2 is 1.95 bits per heavy atom. The van der Waals surface area contributed by atoms with Gasteiger partial charge in [0, 0.05) is 31.7 Å². The minimum Gasteiger partial charge on any atom is -0.480 e. The van der Waals surface area contributed by atoms with Crippen LogP contribution in [0, 0.1) is 5.92 Å². The van der Waals surface area contributed by atoms with Gasteiger partial charge in [0.1, 0.15) is 6.04 Å². The minimum atomic E-state index is -0.942. The lowest BCUT2D eigenvalue weighted by atomic mass is 10.0. The number of amides is 1. The van der Waals surface area contributed by atoms with Gasteiger partial charge in [-0.3, -0.25) is 14.6 Å². The van der Waals surface area contributed by atoms with Gasteiger partial charge in [-0.05, 0) is 25.7 Å². The molecule has 0 aromatic carbocycles. The molecule has 2 saturated heterocycles. The highest BCUT2D eigenvalue weighted by atomic mass is 32.2. The Bertz CT molecular complexity index is 415. The minimum absolute atomic E-state index is 0.00710. The quantitative estimate of drug-likeness (QED) is 0.837. The number of aliphatic carboxylic acids is 1. The van der Waals surface area contributed by atoms with Crippen molar-refractivity contribution in [1.82, 2.24) is 10.0 Å². The zero-order valence-electron chi connectivity index (χ0n) is 11.6. The lowest BCUT2D eigenvalue weighted by Crippen LogP contribution is -2.58. The van der Waals surface area contributed by atoms with E-state index in [0.29, 0.717) is 12.2 Å². The Kier molecular flexibility index (Phi) is 5.04. The van der Waals surface area contributed by atoms with Crippen LogP contribution in [0.4, 0.5) is 0 Å². The molecule has 2 fully saturated rings. The Labute approximate surface area is 122 Å². The van der Waals surface area contributed by atoms with E-state index in [-0.39, 0.29) is 16.9 Å². The van der Waals surface area contributed by atoms with Crippen LogP contribution in [0.5, 0.6) is 0 Å². The van der Waals surface area contributed by atoms with Crippen LogP contribution >= 0.6 is 11.8 Å². The molecule has 2 aliphatic heterocycles. The van der Waals surface area contributed by atoms with Crippen LogP contribution in [0.25, 0.3) is 0 Å². The molecular weight excluding hydrogens is 280 g/mol. The van der Waals surface area contributed by atoms with Gasteiger partial charge in [-0.1, -0.05) is 11.8 Å². The van der Waals surface area contributed by atoms with Crippen molar-refractivity contribution in [2.75, 3.05) is 18.8 Å². The SMILES string of the molecule is CC(=O)SCC1CCCN2CCCC(C(=O)O)N2C1=O. The van der Waals surface area contributed by atoms with E-state index in [1.165, 1.54) is 11.9 Å². The second-order valence-corrected chi connectivity index (χ2v) is 6.47. The van der Waals surface area contributed by atoms with Crippen molar-refractivity contribution in [2.24, 2.45) is 5.92 Å². The summed E-state index contributed by atoms with van der Waals surface area (Å²) >= 11 is 1.15. The molecule has 1 amide bonds. The molecule has 2 rings (SSSR count). The molecule has 0 aromatic rings. The van der Waals surface area contributed by atoms with Crippen LogP contribution in [-0.4, -0.2) is 57.0 Å². The number of fused-ring (bicyclic) bond motifs is 1. The third kappa shape index (κ3) is 3.32. The van der Waals surface area contributed by atoms with E-state index in [2.05, 4.69) is 0 Å². The monoisotopic (exact) mass is 300 g/mol. The molecule has 7 heteroatoms. The second kappa shape index (κ2) is 6.58. The Balaban J connectivity index is 2.14. The fourth-order valence-electron chi connectivity index (χ4n) is 2.84. The number of carboxylic acid groups (broad SMARTS) is 1. The Morgan fingerprint density at radius 3 is 2.55 bits per heavy atom. The topological polar surface area (TPSA) is 77.9 Å². The number of hydrogen-bond acceptors (Lipinski definition) is 5. The molecule has 1 N–H and O–H groups in total. The number of carbonyl (C=O) groups is 3. The largest absolute Gasteiger partial charge is 0.480 e. The molecule has 112 valence electrons. The van der Waals surface area contributed by atoms with Gasteiger partial charge in [-0.2, -0.15) is 0 Å². The summed E-state index contributed by atoms with van der Waals surface area (Å²) in [6.45, 7) is 2.94. The molecule has 2 unspecified atom stereocenters. The highest BCUT2D eigenvalue weighted by molar-refractivity contribution is 8.13. The van der Waals surface area contributed by atoms with E-state index in [1.54, 1.807) is 0 Å². The zero-order valence-corrected chi connectivity index (χ0v) is 12.4. The summed E-state index contributed by atoms with van der Waals surface area (Å²) in [5.41, 5.74) is 0. The van der Waals surface area contributed by atoms with Crippen LogP contribution in [0.1, 0.15) is 32.6 Å². The van der Waals surface area contributed by atoms with Crippen LogP contribution in [0.3, 0.4) is 0 Å². The number of hydrazine groups is 1. The van der Waals surface area contributed by atoms with E-state index in [9.17, 15) is 19.5 Å². The van der Waals surface area contributed by atoms with Gasteiger partial charge in [0.05, 0.1) is 0 Å². The van der Waals surface area contributed by atoms with Gasteiger partial charge in [0.15, 0.2) is 5.12 Å². The summed E-state index contributed by atoms with van der Waals surface area (Å²) in [5.74, 6) is -0.884. The first-order valence-corrected chi connectivity index (χ1v) is 7.93. The number of carbonyl (C=O) groups excluding carboxylic acids is 2. The lowest BCUT2D eigenvalue weighted by Gasteiger charge is -2.42. The molecule has 0 radical (unpaired) electrons. The molecule has 6 nitrogen and oxygen atoms in total. The summed E-state index contributed by atoms with van der Waals surface area (Å²) in [6, 6.07) is -0.751. The van der Waals surface area contributed by atoms with Crippen LogP contribution in [-0.2, 0) is 14.4 Å². The number of hydrogen-bond donors (Lipinski definition) is 1. The van der Waals surface area contributed by atoms with Gasteiger partial charge in [-0.15, -0.1) is 0 Å². The molecule has 0 spiro atoms. The van der Waals surface area contributed by atoms with E-state index < -0.39 is 12.0 Å². The molecule has 0 bridgehead atoms. The van der Waals surface area contributed by atoms with Crippen molar-refractivity contribution in [3.8, 4) is 0 Å². The van der Waals surface area contributed by atoms with E-state index >= 15 is 0 Å². The first-order chi connectivity index (χ1) is 9.50. The second-order valence-electron chi connectivity index (χ2n) is 5.27. The van der Waals surface area contributed by atoms with Gasteiger partial charge >= 0.3 is 5.97 Å². The molecule has 0 aliphatic carbocycles. The van der Waals surface area contributed by atoms with Crippen LogP contribution < -0.4 is 0 Å². The number of nitrogens with zero attached hydrogens (tertiary/aromatic N) is 2. The maximum atomic E-state index is 12.6. The first kappa shape index (κ1) is 15.3. The van der Waals surface area contributed by atoms with E-state index in [1.807, 2.05) is 5.01 Å². The summed E-state index contributed by atoms with van der Waals surface area (Å²) in [6.07, 6.45) is 2.88. The standard InChI is InChI=1S/C13H20N2O4S/c1-9(16)20-8-10-4-2-6-14-7-3-5-11(13(18)19)15(14)12(10)17/h10-11H,2-8H2,1H3,(H,18,19). The van der Waals surface area contributed by atoms with Crippen molar-refractivity contribution in [2.45, 2.75) is 38.6 Å². The zero-order chi connectivity index (χ0) is 14.7. The molecule has 2 aliphatic rings. The van der Waals surface area contributed by atoms with Gasteiger partial charge in [-0.25, -0.2) is 9.80 Å². The van der Waals surface area contributed by atoms with Crippen molar-refractivity contribution < 1.29 is 19.5 Å². The van der Waals surface area contributed by atoms with Crippen LogP contribution in [0.2, 0.25) is 0 Å². The summed E-state index contributed by atoms with van der Waals surface area (Å²) in [5, 5.41) is 12.6. The number of rotatable bonds is 3. The average molecular weight is 300 g/mol. The lowest BCUT2D eigenvalue weighted by molar-refractivity contribution is -0.175. The highest BCUT2D eigenvalue weighted by Crippen LogP contribution is 2.28. The molecular formula is C13H20N2O4S. The van der Waals surface area contributed by atoms with Crippen molar-refractivity contribution in [1.29, 1.82) is 0 Å². The fraction of sp³-hybridized carbons (Fsp3) is 0.769. The fourth-order valence-corrected chi connectivity index (χ4v) is 3.58. The first-order valence-electron chi connectivity index (χ1n) is 6.95. The third-order valence-electron chi connectivity index (χ3n) is 3.81. The van der Waals surface area contributed by atoms with Crippen molar-refractivity contribution >= 4 is 28.8 Å². The maximum Gasteiger partial charge on any atom is 0.328 e. The maximum absolute atomic E-state index is 12.6.